The number of unbranched alkanes of at least 4 members (excludes halogenated alkanes) is 6. The van der Waals surface area contributed by atoms with Gasteiger partial charge in [-0.25, -0.2) is 0 Å². The summed E-state index contributed by atoms with van der Waals surface area (Å²) >= 11 is 0. The zero-order chi connectivity index (χ0) is 16.9. The highest BCUT2D eigenvalue weighted by atomic mass is 14.2. The van der Waals surface area contributed by atoms with Gasteiger partial charge in [-0.2, -0.15) is 0 Å². The van der Waals surface area contributed by atoms with Gasteiger partial charge in [-0.05, 0) is 56.4 Å². The van der Waals surface area contributed by atoms with Crippen LogP contribution in [0.15, 0.2) is 42.0 Å². The molecule has 0 bridgehead atoms. The lowest BCUT2D eigenvalue weighted by atomic mass is 9.84. The molecule has 1 aliphatic rings. The van der Waals surface area contributed by atoms with E-state index >= 15 is 0 Å². The molecule has 1 unspecified atom stereocenters. The summed E-state index contributed by atoms with van der Waals surface area (Å²) in [5, 5.41) is 0. The van der Waals surface area contributed by atoms with Crippen molar-refractivity contribution in [3.63, 3.8) is 0 Å². The molecule has 0 saturated heterocycles. The van der Waals surface area contributed by atoms with Crippen molar-refractivity contribution in [3.05, 3.63) is 47.5 Å². The van der Waals surface area contributed by atoms with Crippen molar-refractivity contribution in [2.75, 3.05) is 0 Å². The van der Waals surface area contributed by atoms with Gasteiger partial charge in [-0.1, -0.05) is 93.9 Å². The summed E-state index contributed by atoms with van der Waals surface area (Å²) in [6.07, 6.45) is 22.2. The van der Waals surface area contributed by atoms with Gasteiger partial charge in [-0.15, -0.1) is 0 Å². The fourth-order valence-electron chi connectivity index (χ4n) is 3.97. The number of aryl methyl sites for hydroxylation is 1. The number of allylic oxidation sites excluding steroid dienone is 2. The Balaban J connectivity index is 1.50. The molecule has 0 aromatic heterocycles. The average Bonchev–Trinajstić information content (AvgIpc) is 2.64. The molecule has 0 amide bonds. The Kier molecular flexibility index (Phi) is 9.92. The molecule has 0 N–H and O–H groups in total. The highest BCUT2D eigenvalue weighted by Gasteiger charge is 2.13. The summed E-state index contributed by atoms with van der Waals surface area (Å²) in [7, 11) is 0. The van der Waals surface area contributed by atoms with Crippen LogP contribution < -0.4 is 0 Å². The van der Waals surface area contributed by atoms with Crippen molar-refractivity contribution in [3.8, 4) is 0 Å². The van der Waals surface area contributed by atoms with Gasteiger partial charge in [0.2, 0.25) is 0 Å². The Hall–Kier alpha value is -1.04. The minimum atomic E-state index is 0.990. The van der Waals surface area contributed by atoms with E-state index in [1.165, 1.54) is 95.5 Å². The molecule has 0 radical (unpaired) electrons. The number of hydrogen-bond donors (Lipinski definition) is 0. The second-order valence-electron chi connectivity index (χ2n) is 7.75. The summed E-state index contributed by atoms with van der Waals surface area (Å²) in [6.45, 7) is 2.30. The lowest BCUT2D eigenvalue weighted by Crippen LogP contribution is -2.06. The molecule has 0 heteroatoms. The van der Waals surface area contributed by atoms with Gasteiger partial charge in [-0.3, -0.25) is 0 Å². The van der Waals surface area contributed by atoms with Crippen LogP contribution in [0.1, 0.15) is 96.0 Å². The molecule has 0 aliphatic heterocycles. The zero-order valence-corrected chi connectivity index (χ0v) is 15.9. The van der Waals surface area contributed by atoms with E-state index in [9.17, 15) is 0 Å². The Labute approximate surface area is 150 Å². The third-order valence-corrected chi connectivity index (χ3v) is 5.64. The van der Waals surface area contributed by atoms with Crippen molar-refractivity contribution < 1.29 is 0 Å². The molecule has 1 aromatic rings. The number of rotatable bonds is 12. The third-order valence-electron chi connectivity index (χ3n) is 5.64. The Morgan fingerprint density at radius 3 is 2.33 bits per heavy atom. The Morgan fingerprint density at radius 2 is 1.58 bits per heavy atom. The van der Waals surface area contributed by atoms with E-state index in [0.717, 1.165) is 5.92 Å². The van der Waals surface area contributed by atoms with E-state index in [-0.39, 0.29) is 0 Å². The molecule has 0 saturated carbocycles. The first-order chi connectivity index (χ1) is 11.9. The fraction of sp³-hybridized carbons (Fsp3) is 0.667. The molecule has 1 aliphatic carbocycles. The molecule has 0 fully saturated rings. The molecule has 0 nitrogen and oxygen atoms in total. The molecule has 1 aromatic carbocycles. The molecule has 134 valence electrons. The van der Waals surface area contributed by atoms with Gasteiger partial charge >= 0.3 is 0 Å². The summed E-state index contributed by atoms with van der Waals surface area (Å²) in [5.74, 6) is 0.990. The molecular formula is C24H38. The maximum Gasteiger partial charge on any atom is -0.0279 e. The zero-order valence-electron chi connectivity index (χ0n) is 15.9. The molecule has 24 heavy (non-hydrogen) atoms. The largest absolute Gasteiger partial charge is 0.0851 e. The van der Waals surface area contributed by atoms with Crippen LogP contribution in [0.3, 0.4) is 0 Å². The molecular weight excluding hydrogens is 288 g/mol. The van der Waals surface area contributed by atoms with Crippen LogP contribution in [0.5, 0.6) is 0 Å². The third kappa shape index (κ3) is 8.18. The lowest BCUT2D eigenvalue weighted by Gasteiger charge is -2.22. The second kappa shape index (κ2) is 12.3. The summed E-state index contributed by atoms with van der Waals surface area (Å²) in [6, 6.07) is 10.9. The highest BCUT2D eigenvalue weighted by Crippen LogP contribution is 2.30. The lowest BCUT2D eigenvalue weighted by molar-refractivity contribution is 0.408. The molecule has 1 atom stereocenters. The van der Waals surface area contributed by atoms with Gasteiger partial charge in [0.1, 0.15) is 0 Å². The normalized spacial score (nSPS) is 17.7. The van der Waals surface area contributed by atoms with Crippen molar-refractivity contribution in [1.82, 2.24) is 0 Å². The van der Waals surface area contributed by atoms with E-state index in [4.69, 9.17) is 0 Å². The van der Waals surface area contributed by atoms with Gasteiger partial charge in [0.15, 0.2) is 0 Å². The first kappa shape index (κ1) is 19.3. The quantitative estimate of drug-likeness (QED) is 0.271. The molecule has 0 spiro atoms. The highest BCUT2D eigenvalue weighted by molar-refractivity contribution is 5.14. The van der Waals surface area contributed by atoms with Crippen LogP contribution in [0.4, 0.5) is 0 Å². The van der Waals surface area contributed by atoms with Crippen LogP contribution in [-0.2, 0) is 6.42 Å². The first-order valence-electron chi connectivity index (χ1n) is 10.6. The minimum Gasteiger partial charge on any atom is -0.0851 e. The standard InChI is InChI=1S/C24H38/c1-2-3-4-5-6-8-15-23-18-20-24(21-19-23)17-12-11-16-22-13-9-7-10-14-22/h7,9-10,13-14,20,23H,2-6,8,11-12,15-19,21H2,1H3. The van der Waals surface area contributed by atoms with Crippen molar-refractivity contribution in [2.45, 2.75) is 96.8 Å². The second-order valence-corrected chi connectivity index (χ2v) is 7.75. The molecule has 2 rings (SSSR count). The minimum absolute atomic E-state index is 0.990. The van der Waals surface area contributed by atoms with Gasteiger partial charge in [0, 0.05) is 0 Å². The monoisotopic (exact) mass is 326 g/mol. The van der Waals surface area contributed by atoms with Crippen LogP contribution >= 0.6 is 0 Å². The van der Waals surface area contributed by atoms with E-state index in [1.54, 1.807) is 5.57 Å². The predicted octanol–water partition coefficient (Wildman–Crippen LogP) is 7.88. The fourth-order valence-corrected chi connectivity index (χ4v) is 3.97. The maximum absolute atomic E-state index is 2.59. The maximum atomic E-state index is 2.59. The Bertz CT molecular complexity index is 442. The summed E-state index contributed by atoms with van der Waals surface area (Å²) < 4.78 is 0. The van der Waals surface area contributed by atoms with E-state index in [2.05, 4.69) is 43.3 Å². The topological polar surface area (TPSA) is 0 Å². The van der Waals surface area contributed by atoms with Crippen molar-refractivity contribution >= 4 is 0 Å². The number of benzene rings is 1. The van der Waals surface area contributed by atoms with E-state index in [1.807, 2.05) is 0 Å². The predicted molar refractivity (Wildman–Crippen MR) is 107 cm³/mol. The van der Waals surface area contributed by atoms with Crippen LogP contribution in [0, 0.1) is 5.92 Å². The van der Waals surface area contributed by atoms with Gasteiger partial charge in [0.25, 0.3) is 0 Å². The van der Waals surface area contributed by atoms with Crippen molar-refractivity contribution in [2.24, 2.45) is 5.92 Å². The van der Waals surface area contributed by atoms with Crippen LogP contribution in [0.25, 0.3) is 0 Å². The van der Waals surface area contributed by atoms with Gasteiger partial charge < -0.3 is 0 Å². The molecule has 0 heterocycles. The van der Waals surface area contributed by atoms with Crippen molar-refractivity contribution in [1.29, 1.82) is 0 Å². The Morgan fingerprint density at radius 1 is 0.833 bits per heavy atom. The SMILES string of the molecule is CCCCCCCCC1CC=C(CCCCc2ccccc2)CC1. The summed E-state index contributed by atoms with van der Waals surface area (Å²) in [4.78, 5) is 0. The van der Waals surface area contributed by atoms with E-state index in [0.29, 0.717) is 0 Å². The van der Waals surface area contributed by atoms with E-state index < -0.39 is 0 Å². The number of hydrogen-bond acceptors (Lipinski definition) is 0. The first-order valence-corrected chi connectivity index (χ1v) is 10.6. The smallest absolute Gasteiger partial charge is 0.0279 e. The summed E-state index contributed by atoms with van der Waals surface area (Å²) in [5.41, 5.74) is 3.25. The van der Waals surface area contributed by atoms with Crippen LogP contribution in [0.2, 0.25) is 0 Å². The van der Waals surface area contributed by atoms with Crippen LogP contribution in [-0.4, -0.2) is 0 Å². The van der Waals surface area contributed by atoms with Gasteiger partial charge in [0.05, 0.1) is 0 Å². The average molecular weight is 327 g/mol.